The van der Waals surface area contributed by atoms with Gasteiger partial charge >= 0.3 is 5.97 Å². The smallest absolute Gasteiger partial charge is 0.307 e. The first-order valence-corrected chi connectivity index (χ1v) is 12.6. The summed E-state index contributed by atoms with van der Waals surface area (Å²) in [6.07, 6.45) is 4.93. The van der Waals surface area contributed by atoms with Crippen LogP contribution in [0.4, 0.5) is 0 Å². The van der Waals surface area contributed by atoms with E-state index in [2.05, 4.69) is 4.72 Å². The van der Waals surface area contributed by atoms with Gasteiger partial charge in [0, 0.05) is 32.1 Å². The van der Waals surface area contributed by atoms with Crippen molar-refractivity contribution in [3.05, 3.63) is 18.2 Å². The van der Waals surface area contributed by atoms with Crippen LogP contribution in [0.2, 0.25) is 0 Å². The zero-order valence-electron chi connectivity index (χ0n) is 18.7. The minimum Gasteiger partial charge on any atom is -0.490 e. The summed E-state index contributed by atoms with van der Waals surface area (Å²) < 4.78 is 43.8. The fourth-order valence-electron chi connectivity index (χ4n) is 3.92. The molecule has 0 saturated heterocycles. The van der Waals surface area contributed by atoms with Crippen molar-refractivity contribution in [1.82, 2.24) is 9.62 Å². The van der Waals surface area contributed by atoms with Crippen LogP contribution < -0.4 is 14.2 Å². The maximum Gasteiger partial charge on any atom is 0.307 e. The number of fused-ring (bicyclic) bond motifs is 1. The monoisotopic (exact) mass is 468 g/mol. The van der Waals surface area contributed by atoms with Gasteiger partial charge in [-0.2, -0.15) is 0 Å². The second kappa shape index (κ2) is 11.0. The number of carbonyl (C=O) groups excluding carboxylic acids is 2. The number of ether oxygens (including phenoxy) is 3. The largest absolute Gasteiger partial charge is 0.490 e. The first-order valence-electron chi connectivity index (χ1n) is 11.1. The van der Waals surface area contributed by atoms with Gasteiger partial charge < -0.3 is 19.1 Å². The van der Waals surface area contributed by atoms with Crippen LogP contribution in [0, 0.1) is 0 Å². The van der Waals surface area contributed by atoms with Gasteiger partial charge in [0.15, 0.2) is 17.6 Å². The lowest BCUT2D eigenvalue weighted by Gasteiger charge is -2.32. The Bertz CT molecular complexity index is 913. The molecule has 1 N–H and O–H groups in total. The van der Waals surface area contributed by atoms with Crippen LogP contribution in [0.1, 0.15) is 51.9 Å². The van der Waals surface area contributed by atoms with E-state index in [4.69, 9.17) is 14.2 Å². The van der Waals surface area contributed by atoms with Crippen molar-refractivity contribution in [2.75, 3.05) is 26.8 Å². The normalized spacial score (nSPS) is 17.8. The molecule has 32 heavy (non-hydrogen) atoms. The third-order valence-electron chi connectivity index (χ3n) is 5.78. The molecule has 1 amide bonds. The number of hydrogen-bond donors (Lipinski definition) is 1. The number of nitrogens with zero attached hydrogens (tertiary/aromatic N) is 1. The highest BCUT2D eigenvalue weighted by Gasteiger charge is 2.28. The van der Waals surface area contributed by atoms with Crippen molar-refractivity contribution in [3.63, 3.8) is 0 Å². The summed E-state index contributed by atoms with van der Waals surface area (Å²) in [7, 11) is -2.10. The van der Waals surface area contributed by atoms with E-state index in [1.165, 1.54) is 18.6 Å². The lowest BCUT2D eigenvalue weighted by Crippen LogP contribution is -2.44. The van der Waals surface area contributed by atoms with Crippen molar-refractivity contribution in [3.8, 4) is 11.5 Å². The zero-order chi connectivity index (χ0) is 23.1. The fraction of sp³-hybridized carbons (Fsp3) is 0.636. The average Bonchev–Trinajstić information content (AvgIpc) is 3.03. The van der Waals surface area contributed by atoms with Crippen LogP contribution >= 0.6 is 0 Å². The molecule has 3 rings (SSSR count). The lowest BCUT2D eigenvalue weighted by atomic mass is 9.94. The van der Waals surface area contributed by atoms with Gasteiger partial charge in [-0.1, -0.05) is 19.3 Å². The van der Waals surface area contributed by atoms with Crippen LogP contribution in [0.5, 0.6) is 11.5 Å². The van der Waals surface area contributed by atoms with Crippen LogP contribution in [-0.4, -0.2) is 64.1 Å². The topological polar surface area (TPSA) is 111 Å². The molecular formula is C22H32N2O7S. The molecule has 0 radical (unpaired) electrons. The van der Waals surface area contributed by atoms with Crippen molar-refractivity contribution in [1.29, 1.82) is 0 Å². The van der Waals surface area contributed by atoms with E-state index in [0.717, 1.165) is 25.7 Å². The SMILES string of the molecule is C[C@H](OC(=O)CCNS(=O)(=O)c1ccc2c(c1)OCCCO2)C(=O)N(C)C1CCCCC1. The van der Waals surface area contributed by atoms with E-state index in [1.54, 1.807) is 24.9 Å². The quantitative estimate of drug-likeness (QED) is 0.583. The Kier molecular flexibility index (Phi) is 8.36. The fourth-order valence-corrected chi connectivity index (χ4v) is 4.97. The highest BCUT2D eigenvalue weighted by Crippen LogP contribution is 2.31. The third kappa shape index (κ3) is 6.35. The second-order valence-electron chi connectivity index (χ2n) is 8.18. The number of esters is 1. The molecule has 0 unspecified atom stereocenters. The summed E-state index contributed by atoms with van der Waals surface area (Å²) in [5.41, 5.74) is 0. The van der Waals surface area contributed by atoms with Gasteiger partial charge in [0.2, 0.25) is 10.0 Å². The maximum absolute atomic E-state index is 12.6. The number of sulfonamides is 1. The molecule has 1 heterocycles. The summed E-state index contributed by atoms with van der Waals surface area (Å²) >= 11 is 0. The van der Waals surface area contributed by atoms with Gasteiger partial charge in [0.25, 0.3) is 5.91 Å². The molecule has 0 bridgehead atoms. The number of hydrogen-bond acceptors (Lipinski definition) is 7. The maximum atomic E-state index is 12.6. The van der Waals surface area contributed by atoms with E-state index in [-0.39, 0.29) is 29.8 Å². The number of nitrogens with one attached hydrogen (secondary N) is 1. The van der Waals surface area contributed by atoms with Crippen LogP contribution in [-0.2, 0) is 24.3 Å². The number of benzene rings is 1. The highest BCUT2D eigenvalue weighted by atomic mass is 32.2. The van der Waals surface area contributed by atoms with Crippen LogP contribution in [0.25, 0.3) is 0 Å². The summed E-state index contributed by atoms with van der Waals surface area (Å²) in [5, 5.41) is 0. The summed E-state index contributed by atoms with van der Waals surface area (Å²) in [6, 6.07) is 4.57. The summed E-state index contributed by atoms with van der Waals surface area (Å²) in [4.78, 5) is 26.4. The van der Waals surface area contributed by atoms with Crippen molar-refractivity contribution < 1.29 is 32.2 Å². The van der Waals surface area contributed by atoms with E-state index in [9.17, 15) is 18.0 Å². The molecule has 0 aromatic heterocycles. The summed E-state index contributed by atoms with van der Waals surface area (Å²) in [6.45, 7) is 2.36. The molecule has 1 aliphatic carbocycles. The number of carbonyl (C=O) groups is 2. The second-order valence-corrected chi connectivity index (χ2v) is 9.95. The molecule has 1 fully saturated rings. The molecule has 1 atom stereocenters. The van der Waals surface area contributed by atoms with E-state index in [0.29, 0.717) is 31.1 Å². The zero-order valence-corrected chi connectivity index (χ0v) is 19.5. The summed E-state index contributed by atoms with van der Waals surface area (Å²) in [5.74, 6) is 0.00312. The van der Waals surface area contributed by atoms with Gasteiger partial charge in [0.1, 0.15) is 0 Å². The minimum absolute atomic E-state index is 0.0211. The molecule has 1 aromatic carbocycles. The molecule has 10 heteroatoms. The van der Waals surface area contributed by atoms with Crippen molar-refractivity contribution >= 4 is 21.9 Å². The van der Waals surface area contributed by atoms with E-state index < -0.39 is 22.1 Å². The Morgan fingerprint density at radius 2 is 1.81 bits per heavy atom. The molecule has 1 saturated carbocycles. The van der Waals surface area contributed by atoms with Gasteiger partial charge in [0.05, 0.1) is 24.5 Å². The molecule has 9 nitrogen and oxygen atoms in total. The van der Waals surface area contributed by atoms with Gasteiger partial charge in [-0.3, -0.25) is 9.59 Å². The number of rotatable bonds is 8. The molecule has 178 valence electrons. The number of amides is 1. The lowest BCUT2D eigenvalue weighted by molar-refractivity contribution is -0.159. The third-order valence-corrected chi connectivity index (χ3v) is 7.24. The van der Waals surface area contributed by atoms with Crippen molar-refractivity contribution in [2.45, 2.75) is 68.9 Å². The minimum atomic E-state index is -3.84. The standard InChI is InChI=1S/C22H32N2O7S/c1-16(22(26)24(2)17-7-4-3-5-8-17)31-21(25)11-12-23-32(27,28)18-9-10-19-20(15-18)30-14-6-13-29-19/h9-10,15-17,23H,3-8,11-14H2,1-2H3/t16-/m0/s1. The Morgan fingerprint density at radius 3 is 2.53 bits per heavy atom. The van der Waals surface area contributed by atoms with E-state index in [1.807, 2.05) is 0 Å². The Morgan fingerprint density at radius 1 is 1.12 bits per heavy atom. The van der Waals surface area contributed by atoms with E-state index >= 15 is 0 Å². The Hall–Kier alpha value is -2.33. The predicted molar refractivity (Wildman–Crippen MR) is 117 cm³/mol. The predicted octanol–water partition coefficient (Wildman–Crippen LogP) is 2.24. The van der Waals surface area contributed by atoms with Gasteiger partial charge in [-0.05, 0) is 31.9 Å². The highest BCUT2D eigenvalue weighted by molar-refractivity contribution is 7.89. The molecule has 1 aliphatic heterocycles. The Labute approximate surface area is 189 Å². The first kappa shape index (κ1) is 24.3. The molecule has 2 aliphatic rings. The Balaban J connectivity index is 1.47. The van der Waals surface area contributed by atoms with Crippen LogP contribution in [0.15, 0.2) is 23.1 Å². The van der Waals surface area contributed by atoms with Crippen molar-refractivity contribution in [2.24, 2.45) is 0 Å². The van der Waals surface area contributed by atoms with Gasteiger partial charge in [-0.15, -0.1) is 0 Å². The molecule has 1 aromatic rings. The average molecular weight is 469 g/mol. The first-order chi connectivity index (χ1) is 15.3. The molecule has 0 spiro atoms. The molecular weight excluding hydrogens is 436 g/mol. The van der Waals surface area contributed by atoms with Crippen LogP contribution in [0.3, 0.4) is 0 Å². The number of likely N-dealkylation sites (N-methyl/N-ethyl adjacent to an activating group) is 1. The van der Waals surface area contributed by atoms with Gasteiger partial charge in [-0.25, -0.2) is 13.1 Å².